The molecule has 2 fully saturated rings. The first-order valence-corrected chi connectivity index (χ1v) is 5.06. The Labute approximate surface area is 69.6 Å². The van der Waals surface area contributed by atoms with Crippen LogP contribution < -0.4 is 5.32 Å². The fraction of sp³-hybridized carbons (Fsp3) is 1.00. The van der Waals surface area contributed by atoms with Gasteiger partial charge >= 0.3 is 0 Å². The molecule has 0 radical (unpaired) electrons. The highest BCUT2D eigenvalue weighted by molar-refractivity contribution is 4.92. The van der Waals surface area contributed by atoms with Crippen LogP contribution in [0.2, 0.25) is 0 Å². The Morgan fingerprint density at radius 2 is 1.82 bits per heavy atom. The summed E-state index contributed by atoms with van der Waals surface area (Å²) in [5.41, 5.74) is 0.707. The quantitative estimate of drug-likeness (QED) is 0.539. The Morgan fingerprint density at radius 1 is 1.18 bits per heavy atom. The topological polar surface area (TPSA) is 16.6 Å². The monoisotopic (exact) mass is 154 g/mol. The maximum Gasteiger partial charge on any atom is 0.0968 e. The van der Waals surface area contributed by atoms with Gasteiger partial charge in [0.05, 0.1) is 12.1 Å². The molecule has 2 atom stereocenters. The number of rotatable bonds is 0. The minimum atomic E-state index is 0.707. The molecular formula is C10H20N+. The molecule has 2 N–H and O–H groups in total. The van der Waals surface area contributed by atoms with Crippen LogP contribution in [0.1, 0.15) is 39.5 Å². The molecule has 0 amide bonds. The van der Waals surface area contributed by atoms with Crippen LogP contribution in [0.15, 0.2) is 0 Å². The van der Waals surface area contributed by atoms with Gasteiger partial charge in [0.15, 0.2) is 0 Å². The van der Waals surface area contributed by atoms with Gasteiger partial charge in [-0.05, 0) is 11.8 Å². The number of quaternary nitrogens is 1. The zero-order valence-electron chi connectivity index (χ0n) is 7.77. The Kier molecular flexibility index (Phi) is 1.71. The molecule has 11 heavy (non-hydrogen) atoms. The lowest BCUT2D eigenvalue weighted by molar-refractivity contribution is -0.707. The SMILES string of the molecule is C[C@H]1CC2(CCC[NH2+]2)C[C@@H]1C. The van der Waals surface area contributed by atoms with Crippen LogP contribution in [0.3, 0.4) is 0 Å². The van der Waals surface area contributed by atoms with Crippen molar-refractivity contribution in [2.24, 2.45) is 11.8 Å². The van der Waals surface area contributed by atoms with Crippen molar-refractivity contribution in [2.45, 2.75) is 45.1 Å². The van der Waals surface area contributed by atoms with Crippen LogP contribution in [0.5, 0.6) is 0 Å². The summed E-state index contributed by atoms with van der Waals surface area (Å²) in [6.07, 6.45) is 5.91. The lowest BCUT2D eigenvalue weighted by Gasteiger charge is -2.19. The Morgan fingerprint density at radius 3 is 2.27 bits per heavy atom. The van der Waals surface area contributed by atoms with Gasteiger partial charge in [-0.3, -0.25) is 0 Å². The minimum absolute atomic E-state index is 0.707. The van der Waals surface area contributed by atoms with E-state index in [4.69, 9.17) is 0 Å². The van der Waals surface area contributed by atoms with E-state index in [-0.39, 0.29) is 0 Å². The second-order valence-electron chi connectivity index (χ2n) is 4.82. The molecule has 0 aromatic rings. The summed E-state index contributed by atoms with van der Waals surface area (Å²) < 4.78 is 0. The standard InChI is InChI=1S/C10H19N/c1-8-6-10(7-9(8)2)4-3-5-11-10/h8-9,11H,3-7H2,1-2H3/p+1/t8-,9-/m0/s1. The van der Waals surface area contributed by atoms with Gasteiger partial charge in [-0.1, -0.05) is 13.8 Å². The summed E-state index contributed by atoms with van der Waals surface area (Å²) in [5, 5.41) is 2.62. The lowest BCUT2D eigenvalue weighted by Crippen LogP contribution is -2.93. The van der Waals surface area contributed by atoms with E-state index in [1.165, 1.54) is 32.2 Å². The van der Waals surface area contributed by atoms with Crippen LogP contribution in [0, 0.1) is 11.8 Å². The van der Waals surface area contributed by atoms with Gasteiger partial charge in [-0.25, -0.2) is 0 Å². The van der Waals surface area contributed by atoms with E-state index in [2.05, 4.69) is 19.2 Å². The average molecular weight is 154 g/mol. The van der Waals surface area contributed by atoms with E-state index in [0.29, 0.717) is 5.54 Å². The van der Waals surface area contributed by atoms with Crippen molar-refractivity contribution in [2.75, 3.05) is 6.54 Å². The van der Waals surface area contributed by atoms with E-state index in [0.717, 1.165) is 11.8 Å². The zero-order valence-corrected chi connectivity index (χ0v) is 7.77. The van der Waals surface area contributed by atoms with E-state index >= 15 is 0 Å². The molecule has 1 heterocycles. The molecule has 1 aliphatic carbocycles. The van der Waals surface area contributed by atoms with Gasteiger partial charge in [0, 0.05) is 25.7 Å². The predicted octanol–water partition coefficient (Wildman–Crippen LogP) is 1.15. The summed E-state index contributed by atoms with van der Waals surface area (Å²) in [4.78, 5) is 0. The van der Waals surface area contributed by atoms with Gasteiger partial charge in [-0.2, -0.15) is 0 Å². The number of hydrogen-bond acceptors (Lipinski definition) is 0. The molecule has 1 saturated carbocycles. The molecule has 0 unspecified atom stereocenters. The van der Waals surface area contributed by atoms with Crippen molar-refractivity contribution in [1.29, 1.82) is 0 Å². The highest BCUT2D eigenvalue weighted by Crippen LogP contribution is 2.40. The van der Waals surface area contributed by atoms with Crippen LogP contribution in [0.4, 0.5) is 0 Å². The van der Waals surface area contributed by atoms with Crippen LogP contribution >= 0.6 is 0 Å². The van der Waals surface area contributed by atoms with Crippen molar-refractivity contribution in [3.05, 3.63) is 0 Å². The number of hydrogen-bond donors (Lipinski definition) is 1. The first-order chi connectivity index (χ1) is 5.22. The second kappa shape index (κ2) is 2.48. The molecule has 0 bridgehead atoms. The normalized spacial score (nSPS) is 42.0. The molecule has 1 spiro atoms. The highest BCUT2D eigenvalue weighted by Gasteiger charge is 2.46. The van der Waals surface area contributed by atoms with Crippen molar-refractivity contribution >= 4 is 0 Å². The minimum Gasteiger partial charge on any atom is -0.341 e. The molecule has 1 saturated heterocycles. The zero-order chi connectivity index (χ0) is 7.90. The van der Waals surface area contributed by atoms with Crippen molar-refractivity contribution in [1.82, 2.24) is 0 Å². The third-order valence-corrected chi connectivity index (χ3v) is 3.88. The molecular weight excluding hydrogens is 134 g/mol. The van der Waals surface area contributed by atoms with Crippen molar-refractivity contribution < 1.29 is 5.32 Å². The Balaban J connectivity index is 2.06. The van der Waals surface area contributed by atoms with Gasteiger partial charge in [0.2, 0.25) is 0 Å². The summed E-state index contributed by atoms with van der Waals surface area (Å²) in [6.45, 7) is 6.23. The van der Waals surface area contributed by atoms with Crippen LogP contribution in [-0.4, -0.2) is 12.1 Å². The predicted molar refractivity (Wildman–Crippen MR) is 46.3 cm³/mol. The van der Waals surface area contributed by atoms with Crippen LogP contribution in [0.25, 0.3) is 0 Å². The molecule has 0 aromatic heterocycles. The Hall–Kier alpha value is -0.0400. The smallest absolute Gasteiger partial charge is 0.0968 e. The Bertz CT molecular complexity index is 135. The molecule has 2 rings (SSSR count). The van der Waals surface area contributed by atoms with E-state index in [9.17, 15) is 0 Å². The fourth-order valence-corrected chi connectivity index (χ4v) is 3.10. The third kappa shape index (κ3) is 1.20. The largest absolute Gasteiger partial charge is 0.341 e. The molecule has 1 aliphatic heterocycles. The molecule has 0 aromatic carbocycles. The summed E-state index contributed by atoms with van der Waals surface area (Å²) in [6, 6.07) is 0. The maximum atomic E-state index is 2.62. The summed E-state index contributed by atoms with van der Waals surface area (Å²) in [7, 11) is 0. The molecule has 2 aliphatic rings. The highest BCUT2D eigenvalue weighted by atomic mass is 15.0. The maximum absolute atomic E-state index is 2.62. The van der Waals surface area contributed by atoms with E-state index in [1.54, 1.807) is 0 Å². The van der Waals surface area contributed by atoms with Crippen molar-refractivity contribution in [3.63, 3.8) is 0 Å². The van der Waals surface area contributed by atoms with Gasteiger partial charge in [-0.15, -0.1) is 0 Å². The summed E-state index contributed by atoms with van der Waals surface area (Å²) >= 11 is 0. The molecule has 64 valence electrons. The van der Waals surface area contributed by atoms with Gasteiger partial charge in [0.1, 0.15) is 0 Å². The lowest BCUT2D eigenvalue weighted by atomic mass is 9.94. The molecule has 1 nitrogen and oxygen atoms in total. The first-order valence-electron chi connectivity index (χ1n) is 5.06. The van der Waals surface area contributed by atoms with E-state index in [1.807, 2.05) is 0 Å². The molecule has 1 heteroatoms. The third-order valence-electron chi connectivity index (χ3n) is 3.88. The number of nitrogens with two attached hydrogens (primary N) is 1. The van der Waals surface area contributed by atoms with Gasteiger partial charge < -0.3 is 5.32 Å². The fourth-order valence-electron chi connectivity index (χ4n) is 3.10. The summed E-state index contributed by atoms with van der Waals surface area (Å²) in [5.74, 6) is 1.95. The van der Waals surface area contributed by atoms with Crippen molar-refractivity contribution in [3.8, 4) is 0 Å². The van der Waals surface area contributed by atoms with E-state index < -0.39 is 0 Å². The van der Waals surface area contributed by atoms with Crippen LogP contribution in [-0.2, 0) is 0 Å². The average Bonchev–Trinajstić information content (AvgIpc) is 2.46. The first kappa shape index (κ1) is 7.60. The van der Waals surface area contributed by atoms with Gasteiger partial charge in [0.25, 0.3) is 0 Å². The second-order valence-corrected chi connectivity index (χ2v) is 4.82.